The fourth-order valence-electron chi connectivity index (χ4n) is 1.46. The van der Waals surface area contributed by atoms with Crippen molar-refractivity contribution in [1.82, 2.24) is 0 Å². The molecule has 0 fully saturated rings. The average Bonchev–Trinajstić information content (AvgIpc) is 2.29. The summed E-state index contributed by atoms with van der Waals surface area (Å²) in [5.41, 5.74) is 0.655. The molecule has 0 saturated carbocycles. The van der Waals surface area contributed by atoms with Crippen LogP contribution in [0, 0.1) is 0 Å². The van der Waals surface area contributed by atoms with Gasteiger partial charge in [-0.05, 0) is 24.1 Å². The van der Waals surface area contributed by atoms with Crippen LogP contribution in [-0.2, 0) is 11.2 Å². The van der Waals surface area contributed by atoms with Gasteiger partial charge in [0.1, 0.15) is 6.61 Å². The van der Waals surface area contributed by atoms with Crippen LogP contribution in [0.1, 0.15) is 12.0 Å². The fourth-order valence-corrected chi connectivity index (χ4v) is 2.01. The van der Waals surface area contributed by atoms with E-state index < -0.39 is 19.1 Å². The van der Waals surface area contributed by atoms with Crippen molar-refractivity contribution in [3.8, 4) is 0 Å². The van der Waals surface area contributed by atoms with Crippen LogP contribution in [0.25, 0.3) is 0 Å². The van der Waals surface area contributed by atoms with E-state index in [9.17, 15) is 13.9 Å². The predicted octanol–water partition coefficient (Wildman–Crippen LogP) is 3.57. The van der Waals surface area contributed by atoms with Crippen LogP contribution in [0.3, 0.4) is 0 Å². The molecule has 0 bridgehead atoms. The SMILES string of the molecule is OC(CCOCC(F)F)Cc1c(Cl)cccc1Cl. The number of aliphatic hydroxyl groups excluding tert-OH is 1. The zero-order valence-electron chi connectivity index (χ0n) is 9.58. The zero-order chi connectivity index (χ0) is 13.5. The molecule has 2 nitrogen and oxygen atoms in total. The summed E-state index contributed by atoms with van der Waals surface area (Å²) in [6.45, 7) is -0.535. The molecule has 1 aromatic carbocycles. The first-order valence-corrected chi connectivity index (χ1v) is 6.23. The van der Waals surface area contributed by atoms with E-state index in [1.807, 2.05) is 0 Å². The highest BCUT2D eigenvalue weighted by molar-refractivity contribution is 6.35. The number of hydrogen-bond donors (Lipinski definition) is 1. The summed E-state index contributed by atoms with van der Waals surface area (Å²) in [7, 11) is 0. The van der Waals surface area contributed by atoms with Gasteiger partial charge < -0.3 is 9.84 Å². The van der Waals surface area contributed by atoms with E-state index in [-0.39, 0.29) is 19.4 Å². The Balaban J connectivity index is 2.38. The van der Waals surface area contributed by atoms with Gasteiger partial charge in [-0.2, -0.15) is 0 Å². The van der Waals surface area contributed by atoms with Gasteiger partial charge >= 0.3 is 0 Å². The number of alkyl halides is 2. The lowest BCUT2D eigenvalue weighted by Crippen LogP contribution is -2.15. The van der Waals surface area contributed by atoms with Crippen LogP contribution < -0.4 is 0 Å². The highest BCUT2D eigenvalue weighted by Crippen LogP contribution is 2.25. The third kappa shape index (κ3) is 5.48. The maximum atomic E-state index is 11.8. The summed E-state index contributed by atoms with van der Waals surface area (Å²) < 4.78 is 28.3. The molecule has 0 aliphatic rings. The van der Waals surface area contributed by atoms with Crippen LogP contribution in [0.2, 0.25) is 10.0 Å². The number of halogens is 4. The minimum atomic E-state index is -2.49. The standard InChI is InChI=1S/C12H14Cl2F2O2/c13-10-2-1-3-11(14)9(10)6-8(17)4-5-18-7-12(15)16/h1-3,8,12,17H,4-7H2. The van der Waals surface area contributed by atoms with Crippen LogP contribution in [-0.4, -0.2) is 30.8 Å². The van der Waals surface area contributed by atoms with Gasteiger partial charge in [0.15, 0.2) is 0 Å². The third-order valence-corrected chi connectivity index (χ3v) is 3.05. The van der Waals surface area contributed by atoms with Crippen LogP contribution in [0.15, 0.2) is 18.2 Å². The van der Waals surface area contributed by atoms with Crippen molar-refractivity contribution in [3.63, 3.8) is 0 Å². The Bertz CT molecular complexity index is 355. The molecule has 1 aromatic rings. The molecule has 0 aromatic heterocycles. The topological polar surface area (TPSA) is 29.5 Å². The summed E-state index contributed by atoms with van der Waals surface area (Å²) >= 11 is 11.9. The van der Waals surface area contributed by atoms with Crippen molar-refractivity contribution < 1.29 is 18.6 Å². The molecule has 1 atom stereocenters. The lowest BCUT2D eigenvalue weighted by molar-refractivity contribution is 0.00513. The molecule has 0 aliphatic heterocycles. The summed E-state index contributed by atoms with van der Waals surface area (Å²) in [6, 6.07) is 5.08. The molecule has 6 heteroatoms. The van der Waals surface area contributed by atoms with E-state index in [0.717, 1.165) is 0 Å². The Hall–Kier alpha value is -0.420. The molecule has 102 valence electrons. The second-order valence-electron chi connectivity index (χ2n) is 3.81. The van der Waals surface area contributed by atoms with Gasteiger partial charge in [0.25, 0.3) is 6.43 Å². The largest absolute Gasteiger partial charge is 0.393 e. The first-order chi connectivity index (χ1) is 8.50. The molecule has 0 amide bonds. The first kappa shape index (κ1) is 15.6. The van der Waals surface area contributed by atoms with E-state index in [1.165, 1.54) is 0 Å². The van der Waals surface area contributed by atoms with Crippen molar-refractivity contribution in [1.29, 1.82) is 0 Å². The van der Waals surface area contributed by atoms with Crippen LogP contribution in [0.5, 0.6) is 0 Å². The van der Waals surface area contributed by atoms with E-state index in [4.69, 9.17) is 23.2 Å². The zero-order valence-corrected chi connectivity index (χ0v) is 11.1. The maximum Gasteiger partial charge on any atom is 0.261 e. The maximum absolute atomic E-state index is 11.8. The smallest absolute Gasteiger partial charge is 0.261 e. The van der Waals surface area contributed by atoms with Gasteiger partial charge in [0.2, 0.25) is 0 Å². The number of benzene rings is 1. The number of ether oxygens (including phenoxy) is 1. The minimum absolute atomic E-state index is 0.0770. The normalized spacial score (nSPS) is 13.0. The molecular weight excluding hydrogens is 285 g/mol. The quantitative estimate of drug-likeness (QED) is 0.780. The number of rotatable bonds is 7. The van der Waals surface area contributed by atoms with Gasteiger partial charge in [-0.1, -0.05) is 29.3 Å². The van der Waals surface area contributed by atoms with E-state index in [0.29, 0.717) is 15.6 Å². The molecule has 0 saturated heterocycles. The van der Waals surface area contributed by atoms with E-state index in [1.54, 1.807) is 18.2 Å². The van der Waals surface area contributed by atoms with Crippen molar-refractivity contribution in [2.75, 3.05) is 13.2 Å². The second kappa shape index (κ2) is 7.89. The van der Waals surface area contributed by atoms with Gasteiger partial charge in [0.05, 0.1) is 6.10 Å². The Labute approximate surface area is 114 Å². The summed E-state index contributed by atoms with van der Waals surface area (Å²) in [6.07, 6.45) is -2.68. The molecule has 1 N–H and O–H groups in total. The summed E-state index contributed by atoms with van der Waals surface area (Å²) in [4.78, 5) is 0. The minimum Gasteiger partial charge on any atom is -0.393 e. The number of hydrogen-bond acceptors (Lipinski definition) is 2. The van der Waals surface area contributed by atoms with E-state index in [2.05, 4.69) is 4.74 Å². The van der Waals surface area contributed by atoms with Crippen molar-refractivity contribution >= 4 is 23.2 Å². The van der Waals surface area contributed by atoms with Crippen molar-refractivity contribution in [2.24, 2.45) is 0 Å². The summed E-state index contributed by atoms with van der Waals surface area (Å²) in [5, 5.41) is 10.7. The molecular formula is C12H14Cl2F2O2. The second-order valence-corrected chi connectivity index (χ2v) is 4.63. The van der Waals surface area contributed by atoms with Gasteiger partial charge in [-0.15, -0.1) is 0 Å². The van der Waals surface area contributed by atoms with Crippen LogP contribution >= 0.6 is 23.2 Å². The van der Waals surface area contributed by atoms with Crippen molar-refractivity contribution in [2.45, 2.75) is 25.4 Å². The molecule has 0 heterocycles. The average molecular weight is 299 g/mol. The first-order valence-electron chi connectivity index (χ1n) is 5.47. The lowest BCUT2D eigenvalue weighted by atomic mass is 10.1. The molecule has 1 unspecified atom stereocenters. The molecule has 0 aliphatic carbocycles. The molecule has 0 spiro atoms. The van der Waals surface area contributed by atoms with Crippen molar-refractivity contribution in [3.05, 3.63) is 33.8 Å². The molecule has 0 radical (unpaired) electrons. The number of aliphatic hydroxyl groups is 1. The Morgan fingerprint density at radius 1 is 1.22 bits per heavy atom. The van der Waals surface area contributed by atoms with Gasteiger partial charge in [0, 0.05) is 23.1 Å². The summed E-state index contributed by atoms with van der Waals surface area (Å²) in [5.74, 6) is 0. The Morgan fingerprint density at radius 2 is 1.83 bits per heavy atom. The molecule has 18 heavy (non-hydrogen) atoms. The highest BCUT2D eigenvalue weighted by Gasteiger charge is 2.12. The Kier molecular flexibility index (Phi) is 6.86. The van der Waals surface area contributed by atoms with E-state index >= 15 is 0 Å². The predicted molar refractivity (Wildman–Crippen MR) is 67.6 cm³/mol. The highest BCUT2D eigenvalue weighted by atomic mass is 35.5. The van der Waals surface area contributed by atoms with Gasteiger partial charge in [-0.25, -0.2) is 8.78 Å². The van der Waals surface area contributed by atoms with Gasteiger partial charge in [-0.3, -0.25) is 0 Å². The Morgan fingerprint density at radius 3 is 2.39 bits per heavy atom. The fraction of sp³-hybridized carbons (Fsp3) is 0.500. The lowest BCUT2D eigenvalue weighted by Gasteiger charge is -2.13. The molecule has 1 rings (SSSR count). The third-order valence-electron chi connectivity index (χ3n) is 2.34. The monoisotopic (exact) mass is 298 g/mol. The van der Waals surface area contributed by atoms with Crippen LogP contribution in [0.4, 0.5) is 8.78 Å².